The molecule has 0 heterocycles. The summed E-state index contributed by atoms with van der Waals surface area (Å²) in [5.74, 6) is 0.463. The number of carbonyl (C=O) groups is 2. The van der Waals surface area contributed by atoms with E-state index in [-0.39, 0.29) is 11.8 Å². The van der Waals surface area contributed by atoms with E-state index in [4.69, 9.17) is 0 Å². The Kier molecular flexibility index (Phi) is 40.9. The molecule has 0 aromatic heterocycles. The van der Waals surface area contributed by atoms with E-state index in [0.717, 1.165) is 51.9 Å². The zero-order valence-corrected chi connectivity index (χ0v) is 32.3. The van der Waals surface area contributed by atoms with Gasteiger partial charge in [0.25, 0.3) is 0 Å². The minimum atomic E-state index is 0.228. The molecule has 0 aliphatic carbocycles. The Hall–Kier alpha value is -1.14. The van der Waals surface area contributed by atoms with Crippen molar-refractivity contribution in [2.75, 3.05) is 54.4 Å². The van der Waals surface area contributed by atoms with Crippen LogP contribution in [0.4, 0.5) is 0 Å². The number of rotatable bonds is 34. The van der Waals surface area contributed by atoms with Gasteiger partial charge in [0.1, 0.15) is 0 Å². The Balaban J connectivity index is 0. The second kappa shape index (κ2) is 40.0. The van der Waals surface area contributed by atoms with E-state index >= 15 is 0 Å². The highest BCUT2D eigenvalue weighted by Gasteiger charge is 2.02. The van der Waals surface area contributed by atoms with Crippen molar-refractivity contribution in [3.8, 4) is 0 Å². The molecule has 0 saturated carbocycles. The normalized spacial score (nSPS) is 11.1. The van der Waals surface area contributed by atoms with Gasteiger partial charge in [0.2, 0.25) is 11.8 Å². The minimum Gasteiger partial charge on any atom is -0.356 e. The molecule has 0 rings (SSSR count). The first kappa shape index (κ1) is 47.0. The number of hydrogen-bond donors (Lipinski definition) is 2. The zero-order valence-electron chi connectivity index (χ0n) is 32.3. The summed E-state index contributed by atoms with van der Waals surface area (Å²) in [7, 11) is 8.25. The highest BCUT2D eigenvalue weighted by Crippen LogP contribution is 2.14. The second-order valence-electron chi connectivity index (χ2n) is 14.3. The third-order valence-corrected chi connectivity index (χ3v) is 8.72. The first-order valence-electron chi connectivity index (χ1n) is 20.2. The molecule has 0 unspecified atom stereocenters. The van der Waals surface area contributed by atoms with Gasteiger partial charge in [-0.05, 0) is 67.0 Å². The molecular formula is C40H84N4O2. The molecule has 0 aliphatic heterocycles. The maximum atomic E-state index is 11.7. The van der Waals surface area contributed by atoms with E-state index in [2.05, 4.69) is 62.5 Å². The van der Waals surface area contributed by atoms with Crippen LogP contribution in [-0.4, -0.2) is 76.0 Å². The molecule has 0 aromatic carbocycles. The molecule has 0 radical (unpaired) electrons. The lowest BCUT2D eigenvalue weighted by molar-refractivity contribution is -0.122. The third kappa shape index (κ3) is 45.0. The summed E-state index contributed by atoms with van der Waals surface area (Å²) in [6.07, 6.45) is 35.8. The van der Waals surface area contributed by atoms with Crippen LogP contribution in [0.1, 0.15) is 194 Å². The summed E-state index contributed by atoms with van der Waals surface area (Å²) in [5, 5.41) is 6.02. The van der Waals surface area contributed by atoms with E-state index in [0.29, 0.717) is 12.8 Å². The van der Waals surface area contributed by atoms with Crippen LogP contribution in [0.2, 0.25) is 0 Å². The van der Waals surface area contributed by atoms with Crippen LogP contribution in [0.15, 0.2) is 0 Å². The predicted octanol–water partition coefficient (Wildman–Crippen LogP) is 10.3. The lowest BCUT2D eigenvalue weighted by atomic mass is 10.0. The Labute approximate surface area is 289 Å². The van der Waals surface area contributed by atoms with Crippen molar-refractivity contribution >= 4 is 11.8 Å². The third-order valence-electron chi connectivity index (χ3n) is 8.72. The topological polar surface area (TPSA) is 64.7 Å². The predicted molar refractivity (Wildman–Crippen MR) is 204 cm³/mol. The molecule has 0 bridgehead atoms. The van der Waals surface area contributed by atoms with Gasteiger partial charge in [-0.2, -0.15) is 0 Å². The molecule has 0 atom stereocenters. The van der Waals surface area contributed by atoms with Gasteiger partial charge in [-0.3, -0.25) is 9.59 Å². The molecule has 6 nitrogen and oxygen atoms in total. The Bertz CT molecular complexity index is 612. The number of nitrogens with one attached hydrogen (secondary N) is 2. The lowest BCUT2D eigenvalue weighted by Crippen LogP contribution is -2.26. The molecule has 0 fully saturated rings. The molecule has 6 heteroatoms. The van der Waals surface area contributed by atoms with Crippen molar-refractivity contribution in [2.24, 2.45) is 0 Å². The van der Waals surface area contributed by atoms with Crippen LogP contribution < -0.4 is 10.6 Å². The van der Waals surface area contributed by atoms with Crippen molar-refractivity contribution in [3.63, 3.8) is 0 Å². The summed E-state index contributed by atoms with van der Waals surface area (Å²) in [6, 6.07) is 0. The number of nitrogens with zero attached hydrogens (tertiary/aromatic N) is 2. The highest BCUT2D eigenvalue weighted by molar-refractivity contribution is 5.76. The number of hydrogen-bond acceptors (Lipinski definition) is 4. The summed E-state index contributed by atoms with van der Waals surface area (Å²) >= 11 is 0. The second-order valence-corrected chi connectivity index (χ2v) is 14.3. The summed E-state index contributed by atoms with van der Waals surface area (Å²) in [6.45, 7) is 8.25. The van der Waals surface area contributed by atoms with Crippen molar-refractivity contribution in [1.82, 2.24) is 20.4 Å². The van der Waals surface area contributed by atoms with Crippen LogP contribution in [0.3, 0.4) is 0 Å². The van der Waals surface area contributed by atoms with Gasteiger partial charge in [-0.15, -0.1) is 0 Å². The van der Waals surface area contributed by atoms with Crippen LogP contribution in [0.5, 0.6) is 0 Å². The quantitative estimate of drug-likeness (QED) is 0.0679. The largest absolute Gasteiger partial charge is 0.356 e. The summed E-state index contributed by atoms with van der Waals surface area (Å²) in [5.41, 5.74) is 0. The van der Waals surface area contributed by atoms with E-state index in [1.807, 2.05) is 0 Å². The van der Waals surface area contributed by atoms with E-state index in [1.165, 1.54) is 141 Å². The average Bonchev–Trinajstić information content (AvgIpc) is 3.02. The van der Waals surface area contributed by atoms with E-state index < -0.39 is 0 Å². The summed E-state index contributed by atoms with van der Waals surface area (Å²) < 4.78 is 0. The monoisotopic (exact) mass is 653 g/mol. The van der Waals surface area contributed by atoms with Crippen molar-refractivity contribution in [1.29, 1.82) is 0 Å². The Morgan fingerprint density at radius 3 is 0.848 bits per heavy atom. The lowest BCUT2D eigenvalue weighted by Gasteiger charge is -2.09. The van der Waals surface area contributed by atoms with Crippen molar-refractivity contribution in [2.45, 2.75) is 194 Å². The Morgan fingerprint density at radius 1 is 0.370 bits per heavy atom. The van der Waals surface area contributed by atoms with E-state index in [1.54, 1.807) is 0 Å². The maximum absolute atomic E-state index is 11.7. The minimum absolute atomic E-state index is 0.228. The van der Waals surface area contributed by atoms with Crippen LogP contribution >= 0.6 is 0 Å². The SMILES string of the molecule is CCCCCCCCCCCC(=O)NCCCN(C)C.CCCCCCCCCCCCCCCCCC(=O)NCCCN(C)C. The molecule has 0 spiro atoms. The van der Waals surface area contributed by atoms with E-state index in [9.17, 15) is 9.59 Å². The zero-order chi connectivity index (χ0) is 34.4. The van der Waals surface area contributed by atoms with Gasteiger partial charge in [0, 0.05) is 25.9 Å². The van der Waals surface area contributed by atoms with Crippen LogP contribution in [-0.2, 0) is 9.59 Å². The number of amides is 2. The van der Waals surface area contributed by atoms with Gasteiger partial charge in [0.05, 0.1) is 0 Å². The van der Waals surface area contributed by atoms with Gasteiger partial charge >= 0.3 is 0 Å². The first-order chi connectivity index (χ1) is 22.3. The molecule has 276 valence electrons. The standard InChI is InChI=1S/C23H48N2O.C17H36N2O/c1-4-5-6-7-8-9-10-11-12-13-14-15-16-17-18-20-23(26)24-21-19-22-25(2)3;1-4-5-6-7-8-9-10-11-12-14-17(20)18-15-13-16-19(2)3/h4-22H2,1-3H3,(H,24,26);4-16H2,1-3H3,(H,18,20). The molecule has 0 saturated heterocycles. The van der Waals surface area contributed by atoms with Gasteiger partial charge in [-0.25, -0.2) is 0 Å². The molecule has 46 heavy (non-hydrogen) atoms. The molecule has 0 aromatic rings. The van der Waals surface area contributed by atoms with Crippen LogP contribution in [0, 0.1) is 0 Å². The number of unbranched alkanes of at least 4 members (excludes halogenated alkanes) is 22. The fourth-order valence-corrected chi connectivity index (χ4v) is 5.68. The maximum Gasteiger partial charge on any atom is 0.219 e. The number of carbonyl (C=O) groups excluding carboxylic acids is 2. The summed E-state index contributed by atoms with van der Waals surface area (Å²) in [4.78, 5) is 27.6. The van der Waals surface area contributed by atoms with Crippen molar-refractivity contribution in [3.05, 3.63) is 0 Å². The smallest absolute Gasteiger partial charge is 0.219 e. The van der Waals surface area contributed by atoms with Gasteiger partial charge < -0.3 is 20.4 Å². The molecular weight excluding hydrogens is 568 g/mol. The fraction of sp³-hybridized carbons (Fsp3) is 0.950. The highest BCUT2D eigenvalue weighted by atomic mass is 16.2. The van der Waals surface area contributed by atoms with Gasteiger partial charge in [0.15, 0.2) is 0 Å². The van der Waals surface area contributed by atoms with Crippen LogP contribution in [0.25, 0.3) is 0 Å². The van der Waals surface area contributed by atoms with Crippen molar-refractivity contribution < 1.29 is 9.59 Å². The fourth-order valence-electron chi connectivity index (χ4n) is 5.68. The molecule has 2 amide bonds. The molecule has 0 aliphatic rings. The van der Waals surface area contributed by atoms with Gasteiger partial charge in [-0.1, -0.05) is 155 Å². The molecule has 2 N–H and O–H groups in total. The Morgan fingerprint density at radius 2 is 0.609 bits per heavy atom. The first-order valence-corrected chi connectivity index (χ1v) is 20.2. The average molecular weight is 653 g/mol.